The molecule has 2 aliphatic rings. The summed E-state index contributed by atoms with van der Waals surface area (Å²) in [5.41, 5.74) is -0.240. The van der Waals surface area contributed by atoms with Crippen molar-refractivity contribution in [2.24, 2.45) is 17.3 Å². The van der Waals surface area contributed by atoms with Gasteiger partial charge in [0, 0.05) is 11.5 Å². The van der Waals surface area contributed by atoms with Crippen molar-refractivity contribution in [2.75, 3.05) is 13.1 Å². The summed E-state index contributed by atoms with van der Waals surface area (Å²) in [7, 11) is 0. The molecule has 1 saturated carbocycles. The zero-order valence-electron chi connectivity index (χ0n) is 12.8. The number of hydrogen-bond donors (Lipinski definition) is 2. The van der Waals surface area contributed by atoms with Crippen LogP contribution >= 0.6 is 0 Å². The summed E-state index contributed by atoms with van der Waals surface area (Å²) in [6, 6.07) is 0.416. The molecule has 0 radical (unpaired) electrons. The van der Waals surface area contributed by atoms with Crippen molar-refractivity contribution in [1.82, 2.24) is 10.6 Å². The number of rotatable bonds is 3. The van der Waals surface area contributed by atoms with Crippen LogP contribution in [0.3, 0.4) is 0 Å². The van der Waals surface area contributed by atoms with Gasteiger partial charge in [0.1, 0.15) is 0 Å². The predicted molar refractivity (Wildman–Crippen MR) is 78.9 cm³/mol. The van der Waals surface area contributed by atoms with Gasteiger partial charge in [0.2, 0.25) is 5.91 Å². The maximum atomic E-state index is 12.6. The lowest BCUT2D eigenvalue weighted by Crippen LogP contribution is -2.50. The molecule has 1 aliphatic heterocycles. The molecule has 2 N–H and O–H groups in total. The Morgan fingerprint density at radius 2 is 1.84 bits per heavy atom. The molecule has 1 unspecified atom stereocenters. The number of nitrogens with one attached hydrogen (secondary N) is 2. The quantitative estimate of drug-likeness (QED) is 0.824. The number of carbonyl (C=O) groups excluding carboxylic acids is 1. The molecule has 0 aromatic carbocycles. The van der Waals surface area contributed by atoms with Crippen LogP contribution in [0.2, 0.25) is 0 Å². The monoisotopic (exact) mass is 266 g/mol. The van der Waals surface area contributed by atoms with E-state index in [0.717, 1.165) is 31.8 Å². The molecule has 1 saturated heterocycles. The predicted octanol–water partition coefficient (Wildman–Crippen LogP) is 2.71. The van der Waals surface area contributed by atoms with Crippen molar-refractivity contribution in [3.8, 4) is 0 Å². The van der Waals surface area contributed by atoms with E-state index in [1.54, 1.807) is 0 Å². The third kappa shape index (κ3) is 3.71. The molecule has 3 nitrogen and oxygen atoms in total. The topological polar surface area (TPSA) is 41.1 Å². The third-order valence-electron chi connectivity index (χ3n) is 5.25. The highest BCUT2D eigenvalue weighted by Gasteiger charge is 2.38. The van der Waals surface area contributed by atoms with Crippen LogP contribution in [0.4, 0.5) is 0 Å². The SMILES string of the molecule is CC1CCC(NC(=O)C(C)(C)C2CCCNC2)CC1. The van der Waals surface area contributed by atoms with E-state index < -0.39 is 0 Å². The zero-order chi connectivity index (χ0) is 13.9. The molecule has 2 rings (SSSR count). The summed E-state index contributed by atoms with van der Waals surface area (Å²) in [6.07, 6.45) is 7.21. The molecule has 1 atom stereocenters. The van der Waals surface area contributed by atoms with Gasteiger partial charge in [-0.3, -0.25) is 4.79 Å². The van der Waals surface area contributed by atoms with Crippen molar-refractivity contribution < 1.29 is 4.79 Å². The minimum atomic E-state index is -0.240. The lowest BCUT2D eigenvalue weighted by molar-refractivity contribution is -0.133. The number of hydrogen-bond acceptors (Lipinski definition) is 2. The first-order valence-corrected chi connectivity index (χ1v) is 8.02. The van der Waals surface area contributed by atoms with Gasteiger partial charge in [-0.15, -0.1) is 0 Å². The summed E-state index contributed by atoms with van der Waals surface area (Å²) in [5, 5.41) is 6.74. The Kier molecular flexibility index (Phi) is 4.88. The van der Waals surface area contributed by atoms with E-state index >= 15 is 0 Å². The summed E-state index contributed by atoms with van der Waals surface area (Å²) in [4.78, 5) is 12.6. The molecule has 0 bridgehead atoms. The molecule has 19 heavy (non-hydrogen) atoms. The molecule has 1 amide bonds. The minimum absolute atomic E-state index is 0.240. The molecule has 0 aromatic heterocycles. The Labute approximate surface area is 117 Å². The van der Waals surface area contributed by atoms with Crippen LogP contribution in [0, 0.1) is 17.3 Å². The van der Waals surface area contributed by atoms with E-state index in [9.17, 15) is 4.79 Å². The molecular formula is C16H30N2O. The van der Waals surface area contributed by atoms with Gasteiger partial charge in [0.25, 0.3) is 0 Å². The van der Waals surface area contributed by atoms with E-state index in [2.05, 4.69) is 31.4 Å². The zero-order valence-corrected chi connectivity index (χ0v) is 12.8. The minimum Gasteiger partial charge on any atom is -0.353 e. The van der Waals surface area contributed by atoms with E-state index in [1.165, 1.54) is 25.7 Å². The Hall–Kier alpha value is -0.570. The third-order valence-corrected chi connectivity index (χ3v) is 5.25. The first kappa shape index (κ1) is 14.8. The second-order valence-electron chi connectivity index (χ2n) is 7.20. The maximum absolute atomic E-state index is 12.6. The van der Waals surface area contributed by atoms with Gasteiger partial charge >= 0.3 is 0 Å². The first-order valence-electron chi connectivity index (χ1n) is 8.02. The van der Waals surface area contributed by atoms with Crippen LogP contribution in [-0.2, 0) is 4.79 Å². The van der Waals surface area contributed by atoms with Crippen molar-refractivity contribution in [3.05, 3.63) is 0 Å². The Morgan fingerprint density at radius 1 is 1.16 bits per heavy atom. The van der Waals surface area contributed by atoms with Gasteiger partial charge in [-0.05, 0) is 63.5 Å². The summed E-state index contributed by atoms with van der Waals surface area (Å²) < 4.78 is 0. The molecule has 110 valence electrons. The Balaban J connectivity index is 1.87. The lowest BCUT2D eigenvalue weighted by Gasteiger charge is -2.38. The fraction of sp³-hybridized carbons (Fsp3) is 0.938. The van der Waals surface area contributed by atoms with Crippen LogP contribution < -0.4 is 10.6 Å². The van der Waals surface area contributed by atoms with Crippen LogP contribution in [0.1, 0.15) is 59.3 Å². The van der Waals surface area contributed by atoms with Gasteiger partial charge in [-0.2, -0.15) is 0 Å². The van der Waals surface area contributed by atoms with Gasteiger partial charge < -0.3 is 10.6 Å². The van der Waals surface area contributed by atoms with Crippen LogP contribution in [0.15, 0.2) is 0 Å². The molecular weight excluding hydrogens is 236 g/mol. The largest absolute Gasteiger partial charge is 0.353 e. The van der Waals surface area contributed by atoms with Crippen molar-refractivity contribution in [1.29, 1.82) is 0 Å². The first-order chi connectivity index (χ1) is 9.00. The fourth-order valence-corrected chi connectivity index (χ4v) is 3.43. The van der Waals surface area contributed by atoms with Gasteiger partial charge in [0.05, 0.1) is 0 Å². The van der Waals surface area contributed by atoms with E-state index in [-0.39, 0.29) is 11.3 Å². The maximum Gasteiger partial charge on any atom is 0.226 e. The molecule has 2 fully saturated rings. The van der Waals surface area contributed by atoms with E-state index in [0.29, 0.717) is 12.0 Å². The van der Waals surface area contributed by atoms with Crippen LogP contribution in [-0.4, -0.2) is 25.0 Å². The van der Waals surface area contributed by atoms with Gasteiger partial charge in [0.15, 0.2) is 0 Å². The highest BCUT2D eigenvalue weighted by Crippen LogP contribution is 2.33. The standard InChI is InChI=1S/C16H30N2O/c1-12-6-8-14(9-7-12)18-15(19)16(2,3)13-5-4-10-17-11-13/h12-14,17H,4-11H2,1-3H3,(H,18,19). The van der Waals surface area contributed by atoms with Gasteiger partial charge in [-0.25, -0.2) is 0 Å². The Bertz CT molecular complexity index is 300. The normalized spacial score (nSPS) is 32.9. The highest BCUT2D eigenvalue weighted by atomic mass is 16.2. The fourth-order valence-electron chi connectivity index (χ4n) is 3.43. The van der Waals surface area contributed by atoms with Crippen molar-refractivity contribution in [3.63, 3.8) is 0 Å². The summed E-state index contributed by atoms with van der Waals surface area (Å²) >= 11 is 0. The second-order valence-corrected chi connectivity index (χ2v) is 7.20. The molecule has 1 heterocycles. The van der Waals surface area contributed by atoms with Crippen molar-refractivity contribution >= 4 is 5.91 Å². The van der Waals surface area contributed by atoms with E-state index in [1.807, 2.05) is 0 Å². The summed E-state index contributed by atoms with van der Waals surface area (Å²) in [6.45, 7) is 8.64. The molecule has 3 heteroatoms. The smallest absolute Gasteiger partial charge is 0.226 e. The summed E-state index contributed by atoms with van der Waals surface area (Å²) in [5.74, 6) is 1.58. The van der Waals surface area contributed by atoms with E-state index in [4.69, 9.17) is 0 Å². The average Bonchev–Trinajstić information content (AvgIpc) is 2.42. The average molecular weight is 266 g/mol. The second kappa shape index (κ2) is 6.25. The number of amides is 1. The molecule has 0 spiro atoms. The van der Waals surface area contributed by atoms with Gasteiger partial charge in [-0.1, -0.05) is 20.8 Å². The van der Waals surface area contributed by atoms with Crippen LogP contribution in [0.25, 0.3) is 0 Å². The molecule has 0 aromatic rings. The lowest BCUT2D eigenvalue weighted by atomic mass is 9.74. The number of piperidine rings is 1. The Morgan fingerprint density at radius 3 is 2.42 bits per heavy atom. The highest BCUT2D eigenvalue weighted by molar-refractivity contribution is 5.82. The number of carbonyl (C=O) groups is 1. The van der Waals surface area contributed by atoms with Crippen LogP contribution in [0.5, 0.6) is 0 Å². The molecule has 1 aliphatic carbocycles. The van der Waals surface area contributed by atoms with Crippen molar-refractivity contribution in [2.45, 2.75) is 65.3 Å².